The summed E-state index contributed by atoms with van der Waals surface area (Å²) in [6.07, 6.45) is -4.30. The Bertz CT molecular complexity index is 546. The van der Waals surface area contributed by atoms with Gasteiger partial charge in [-0.25, -0.2) is 0 Å². The highest BCUT2D eigenvalue weighted by atomic mass is 19.4. The second-order valence-corrected chi connectivity index (χ2v) is 4.32. The summed E-state index contributed by atoms with van der Waals surface area (Å²) in [5.74, 6) is 1.15. The Labute approximate surface area is 114 Å². The second-order valence-electron chi connectivity index (χ2n) is 4.32. The van der Waals surface area contributed by atoms with Crippen LogP contribution in [-0.2, 0) is 25.9 Å². The molecule has 0 fully saturated rings. The molecule has 0 atom stereocenters. The fraction of sp³-hybridized carbons (Fsp3) is 0.286. The van der Waals surface area contributed by atoms with Crippen LogP contribution in [-0.4, -0.2) is 5.11 Å². The molecule has 0 unspecified atom stereocenters. The van der Waals surface area contributed by atoms with Crippen LogP contribution in [0.3, 0.4) is 0 Å². The van der Waals surface area contributed by atoms with Crippen molar-refractivity contribution >= 4 is 0 Å². The van der Waals surface area contributed by atoms with E-state index in [9.17, 15) is 13.2 Å². The molecule has 0 aliphatic rings. The van der Waals surface area contributed by atoms with Crippen LogP contribution in [0, 0.1) is 0 Å². The molecule has 6 heteroatoms. The van der Waals surface area contributed by atoms with Crippen LogP contribution >= 0.6 is 0 Å². The monoisotopic (exact) mass is 285 g/mol. The van der Waals surface area contributed by atoms with Crippen molar-refractivity contribution in [1.82, 2.24) is 5.32 Å². The third kappa shape index (κ3) is 3.85. The Hall–Kier alpha value is -1.79. The zero-order chi connectivity index (χ0) is 14.6. The summed E-state index contributed by atoms with van der Waals surface area (Å²) in [5.41, 5.74) is 0.104. The van der Waals surface area contributed by atoms with Crippen LogP contribution < -0.4 is 5.32 Å². The zero-order valence-corrected chi connectivity index (χ0v) is 10.6. The molecule has 0 spiro atoms. The lowest BCUT2D eigenvalue weighted by molar-refractivity contribution is -0.137. The Morgan fingerprint density at radius 3 is 2.15 bits per heavy atom. The van der Waals surface area contributed by atoms with E-state index in [1.165, 1.54) is 12.1 Å². The number of halogens is 3. The maximum absolute atomic E-state index is 12.4. The normalized spacial score (nSPS) is 11.8. The smallest absolute Gasteiger partial charge is 0.416 e. The molecule has 0 amide bonds. The van der Waals surface area contributed by atoms with E-state index in [4.69, 9.17) is 9.52 Å². The van der Waals surface area contributed by atoms with Gasteiger partial charge in [-0.15, -0.1) is 0 Å². The number of nitrogens with one attached hydrogen (secondary N) is 1. The Morgan fingerprint density at radius 2 is 1.60 bits per heavy atom. The number of hydrogen-bond acceptors (Lipinski definition) is 3. The van der Waals surface area contributed by atoms with Crippen molar-refractivity contribution in [2.75, 3.05) is 0 Å². The van der Waals surface area contributed by atoms with Crippen LogP contribution in [0.15, 0.2) is 40.8 Å². The summed E-state index contributed by atoms with van der Waals surface area (Å²) in [6, 6.07) is 8.43. The average Bonchev–Trinajstić information content (AvgIpc) is 2.86. The lowest BCUT2D eigenvalue weighted by Gasteiger charge is -2.08. The van der Waals surface area contributed by atoms with Crippen molar-refractivity contribution in [3.8, 4) is 0 Å². The summed E-state index contributed by atoms with van der Waals surface area (Å²) in [5, 5.41) is 11.9. The summed E-state index contributed by atoms with van der Waals surface area (Å²) in [7, 11) is 0. The molecule has 1 aromatic carbocycles. The van der Waals surface area contributed by atoms with E-state index in [-0.39, 0.29) is 6.61 Å². The molecule has 2 aromatic rings. The van der Waals surface area contributed by atoms with E-state index in [1.807, 2.05) is 0 Å². The number of aliphatic hydroxyl groups excluding tert-OH is 1. The molecule has 0 saturated heterocycles. The predicted octanol–water partition coefficient (Wildman–Crippen LogP) is 3.08. The van der Waals surface area contributed by atoms with Crippen LogP contribution in [0.4, 0.5) is 13.2 Å². The van der Waals surface area contributed by atoms with Gasteiger partial charge in [0.15, 0.2) is 0 Å². The van der Waals surface area contributed by atoms with Gasteiger partial charge in [-0.05, 0) is 29.8 Å². The minimum Gasteiger partial charge on any atom is -0.462 e. The first-order chi connectivity index (χ1) is 9.49. The summed E-state index contributed by atoms with van der Waals surface area (Å²) >= 11 is 0. The van der Waals surface area contributed by atoms with Gasteiger partial charge in [-0.3, -0.25) is 0 Å². The number of furan rings is 1. The summed E-state index contributed by atoms with van der Waals surface area (Å²) in [4.78, 5) is 0. The van der Waals surface area contributed by atoms with Crippen LogP contribution in [0.5, 0.6) is 0 Å². The highest BCUT2D eigenvalue weighted by Gasteiger charge is 2.29. The molecule has 2 N–H and O–H groups in total. The van der Waals surface area contributed by atoms with Gasteiger partial charge in [0.2, 0.25) is 0 Å². The second kappa shape index (κ2) is 6.11. The van der Waals surface area contributed by atoms with E-state index in [2.05, 4.69) is 5.32 Å². The number of alkyl halides is 3. The van der Waals surface area contributed by atoms with Gasteiger partial charge in [0, 0.05) is 6.54 Å². The number of aliphatic hydroxyl groups is 1. The fourth-order valence-electron chi connectivity index (χ4n) is 1.74. The minimum atomic E-state index is -4.30. The van der Waals surface area contributed by atoms with E-state index in [0.29, 0.717) is 24.6 Å². The van der Waals surface area contributed by atoms with Gasteiger partial charge in [0.1, 0.15) is 18.1 Å². The molecule has 0 aliphatic heterocycles. The predicted molar refractivity (Wildman–Crippen MR) is 66.6 cm³/mol. The molecule has 0 saturated carbocycles. The van der Waals surface area contributed by atoms with Gasteiger partial charge < -0.3 is 14.8 Å². The quantitative estimate of drug-likeness (QED) is 0.887. The first kappa shape index (κ1) is 14.6. The van der Waals surface area contributed by atoms with E-state index in [0.717, 1.165) is 17.7 Å². The molecule has 0 bridgehead atoms. The molecule has 108 valence electrons. The maximum atomic E-state index is 12.4. The SMILES string of the molecule is OCc1ccc(CNCc2ccc(C(F)(F)F)cc2)o1. The molecule has 0 radical (unpaired) electrons. The number of benzene rings is 1. The third-order valence-electron chi connectivity index (χ3n) is 2.78. The fourth-order valence-corrected chi connectivity index (χ4v) is 1.74. The van der Waals surface area contributed by atoms with Crippen LogP contribution in [0.2, 0.25) is 0 Å². The number of rotatable bonds is 5. The molecule has 20 heavy (non-hydrogen) atoms. The van der Waals surface area contributed by atoms with Crippen LogP contribution in [0.1, 0.15) is 22.6 Å². The van der Waals surface area contributed by atoms with Crippen molar-refractivity contribution < 1.29 is 22.7 Å². The molecule has 0 aliphatic carbocycles. The van der Waals surface area contributed by atoms with Gasteiger partial charge in [0.25, 0.3) is 0 Å². The Kier molecular flexibility index (Phi) is 4.46. The Balaban J connectivity index is 1.85. The molecule has 1 heterocycles. The van der Waals surface area contributed by atoms with E-state index >= 15 is 0 Å². The summed E-state index contributed by atoms with van der Waals surface area (Å²) in [6.45, 7) is 0.729. The van der Waals surface area contributed by atoms with Crippen molar-refractivity contribution in [3.63, 3.8) is 0 Å². The van der Waals surface area contributed by atoms with Crippen molar-refractivity contribution in [2.24, 2.45) is 0 Å². The highest BCUT2D eigenvalue weighted by molar-refractivity contribution is 5.24. The van der Waals surface area contributed by atoms with Gasteiger partial charge in [0.05, 0.1) is 12.1 Å². The third-order valence-corrected chi connectivity index (χ3v) is 2.78. The molecule has 2 rings (SSSR count). The topological polar surface area (TPSA) is 45.4 Å². The largest absolute Gasteiger partial charge is 0.462 e. The first-order valence-electron chi connectivity index (χ1n) is 6.04. The van der Waals surface area contributed by atoms with Gasteiger partial charge >= 0.3 is 6.18 Å². The van der Waals surface area contributed by atoms with Crippen molar-refractivity contribution in [2.45, 2.75) is 25.9 Å². The summed E-state index contributed by atoms with van der Waals surface area (Å²) < 4.78 is 42.4. The lowest BCUT2D eigenvalue weighted by Crippen LogP contribution is -2.12. The molecule has 3 nitrogen and oxygen atoms in total. The minimum absolute atomic E-state index is 0.154. The van der Waals surface area contributed by atoms with Crippen LogP contribution in [0.25, 0.3) is 0 Å². The average molecular weight is 285 g/mol. The van der Waals surface area contributed by atoms with Crippen molar-refractivity contribution in [3.05, 3.63) is 59.0 Å². The van der Waals surface area contributed by atoms with E-state index < -0.39 is 11.7 Å². The molecular formula is C14H14F3NO2. The van der Waals surface area contributed by atoms with E-state index in [1.54, 1.807) is 12.1 Å². The lowest BCUT2D eigenvalue weighted by atomic mass is 10.1. The van der Waals surface area contributed by atoms with Gasteiger partial charge in [-0.2, -0.15) is 13.2 Å². The highest BCUT2D eigenvalue weighted by Crippen LogP contribution is 2.29. The number of hydrogen-bond donors (Lipinski definition) is 2. The standard InChI is InChI=1S/C14H14F3NO2/c15-14(16,17)11-3-1-10(2-4-11)7-18-8-12-5-6-13(9-19)20-12/h1-6,18-19H,7-9H2. The zero-order valence-electron chi connectivity index (χ0n) is 10.6. The van der Waals surface area contributed by atoms with Crippen molar-refractivity contribution in [1.29, 1.82) is 0 Å². The Morgan fingerprint density at radius 1 is 0.950 bits per heavy atom. The molecule has 1 aromatic heterocycles. The maximum Gasteiger partial charge on any atom is 0.416 e. The van der Waals surface area contributed by atoms with Gasteiger partial charge in [-0.1, -0.05) is 12.1 Å². The first-order valence-corrected chi connectivity index (χ1v) is 6.04. The molecular weight excluding hydrogens is 271 g/mol.